The third-order valence-electron chi connectivity index (χ3n) is 3.65. The van der Waals surface area contributed by atoms with Crippen molar-refractivity contribution in [2.24, 2.45) is 0 Å². The number of nitrogen functional groups attached to an aromatic ring is 1. The Bertz CT molecular complexity index is 812. The number of aromatic nitrogens is 1. The molecular formula is C20H22FN3O2. The zero-order valence-electron chi connectivity index (χ0n) is 14.7. The van der Waals surface area contributed by atoms with Crippen LogP contribution in [0.5, 0.6) is 5.75 Å². The normalized spacial score (nSPS) is 9.92. The van der Waals surface area contributed by atoms with Gasteiger partial charge in [-0.3, -0.25) is 4.79 Å². The second-order valence-corrected chi connectivity index (χ2v) is 5.59. The monoisotopic (exact) mass is 355 g/mol. The first-order valence-electron chi connectivity index (χ1n) is 8.48. The lowest BCUT2D eigenvalue weighted by Gasteiger charge is -2.10. The van der Waals surface area contributed by atoms with Crippen molar-refractivity contribution in [2.75, 3.05) is 12.3 Å². The van der Waals surface area contributed by atoms with Crippen LogP contribution in [-0.2, 0) is 6.54 Å². The standard InChI is InChI=1S/C20H22FN3O2/c1-2-3-4-5-6-13-26-17-11-7-9-15(18(17)21)14-24-20(25)16-10-8-12-23-19(16)22/h7-12H,2-4,13-14H2,1H3,(H2,22,23)(H,24,25). The van der Waals surface area contributed by atoms with E-state index >= 15 is 0 Å². The Morgan fingerprint density at radius 1 is 1.31 bits per heavy atom. The lowest BCUT2D eigenvalue weighted by atomic mass is 10.2. The van der Waals surface area contributed by atoms with Crippen LogP contribution in [0.3, 0.4) is 0 Å². The average Bonchev–Trinajstić information content (AvgIpc) is 2.65. The number of hydrogen-bond donors (Lipinski definition) is 2. The van der Waals surface area contributed by atoms with Gasteiger partial charge in [-0.05, 0) is 24.6 Å². The quantitative estimate of drug-likeness (QED) is 0.590. The number of hydrogen-bond acceptors (Lipinski definition) is 4. The molecule has 0 atom stereocenters. The largest absolute Gasteiger partial charge is 0.478 e. The third-order valence-corrected chi connectivity index (χ3v) is 3.65. The fourth-order valence-electron chi connectivity index (χ4n) is 2.20. The maximum absolute atomic E-state index is 14.5. The van der Waals surface area contributed by atoms with E-state index in [0.29, 0.717) is 5.56 Å². The molecule has 0 saturated carbocycles. The number of anilines is 1. The summed E-state index contributed by atoms with van der Waals surface area (Å²) in [5, 5.41) is 2.63. The van der Waals surface area contributed by atoms with Gasteiger partial charge < -0.3 is 15.8 Å². The highest BCUT2D eigenvalue weighted by Gasteiger charge is 2.13. The molecule has 5 nitrogen and oxygen atoms in total. The van der Waals surface area contributed by atoms with E-state index in [-0.39, 0.29) is 30.3 Å². The Labute approximate surface area is 152 Å². The Morgan fingerprint density at radius 3 is 2.92 bits per heavy atom. The van der Waals surface area contributed by atoms with Crippen molar-refractivity contribution in [3.05, 3.63) is 53.5 Å². The van der Waals surface area contributed by atoms with Gasteiger partial charge in [0.25, 0.3) is 5.91 Å². The van der Waals surface area contributed by atoms with Gasteiger partial charge >= 0.3 is 0 Å². The van der Waals surface area contributed by atoms with Crippen molar-refractivity contribution in [3.63, 3.8) is 0 Å². The number of carbonyl (C=O) groups excluding carboxylic acids is 1. The van der Waals surface area contributed by atoms with Crippen molar-refractivity contribution in [3.8, 4) is 17.6 Å². The van der Waals surface area contributed by atoms with Gasteiger partial charge in [-0.25, -0.2) is 9.37 Å². The van der Waals surface area contributed by atoms with E-state index in [2.05, 4.69) is 29.1 Å². The smallest absolute Gasteiger partial charge is 0.255 e. The molecule has 1 aromatic heterocycles. The number of unbranched alkanes of at least 4 members (excludes halogenated alkanes) is 2. The number of nitrogens with two attached hydrogens (primary N) is 1. The van der Waals surface area contributed by atoms with Gasteiger partial charge in [0, 0.05) is 24.7 Å². The lowest BCUT2D eigenvalue weighted by molar-refractivity contribution is 0.0951. The number of nitrogens with one attached hydrogen (secondary N) is 1. The molecule has 1 heterocycles. The first-order chi connectivity index (χ1) is 12.6. The predicted octanol–water partition coefficient (Wildman–Crippen LogP) is 3.31. The van der Waals surface area contributed by atoms with Crippen molar-refractivity contribution >= 4 is 11.7 Å². The van der Waals surface area contributed by atoms with Crippen LogP contribution in [0, 0.1) is 17.7 Å². The topological polar surface area (TPSA) is 77.2 Å². The van der Waals surface area contributed by atoms with Crippen LogP contribution in [0.1, 0.15) is 42.1 Å². The van der Waals surface area contributed by atoms with Gasteiger partial charge in [-0.15, -0.1) is 0 Å². The number of amides is 1. The molecule has 1 aromatic carbocycles. The summed E-state index contributed by atoms with van der Waals surface area (Å²) in [7, 11) is 0. The van der Waals surface area contributed by atoms with E-state index in [1.165, 1.54) is 12.3 Å². The number of rotatable bonds is 7. The van der Waals surface area contributed by atoms with Crippen LogP contribution in [0.15, 0.2) is 36.5 Å². The molecule has 0 radical (unpaired) electrons. The minimum absolute atomic E-state index is 0.0123. The molecule has 0 fully saturated rings. The van der Waals surface area contributed by atoms with Gasteiger partial charge in [0.15, 0.2) is 11.6 Å². The second-order valence-electron chi connectivity index (χ2n) is 5.59. The summed E-state index contributed by atoms with van der Waals surface area (Å²) < 4.78 is 19.9. The van der Waals surface area contributed by atoms with Crippen LogP contribution in [0.2, 0.25) is 0 Å². The minimum atomic E-state index is -0.512. The highest BCUT2D eigenvalue weighted by atomic mass is 19.1. The van der Waals surface area contributed by atoms with Crippen molar-refractivity contribution < 1.29 is 13.9 Å². The molecule has 0 unspecified atom stereocenters. The van der Waals surface area contributed by atoms with E-state index < -0.39 is 11.7 Å². The molecule has 1 amide bonds. The molecule has 6 heteroatoms. The SMILES string of the molecule is CCCCC#CCOc1cccc(CNC(=O)c2cccnc2N)c1F. The van der Waals surface area contributed by atoms with Crippen LogP contribution in [-0.4, -0.2) is 17.5 Å². The Kier molecular flexibility index (Phi) is 7.44. The average molecular weight is 355 g/mol. The number of halogens is 1. The summed E-state index contributed by atoms with van der Waals surface area (Å²) in [5.74, 6) is 5.16. The van der Waals surface area contributed by atoms with E-state index in [1.54, 1.807) is 24.3 Å². The highest BCUT2D eigenvalue weighted by molar-refractivity contribution is 5.98. The molecule has 0 aliphatic carbocycles. The first kappa shape index (κ1) is 19.3. The Morgan fingerprint density at radius 2 is 2.15 bits per heavy atom. The molecular weight excluding hydrogens is 333 g/mol. The van der Waals surface area contributed by atoms with E-state index in [0.717, 1.165) is 19.3 Å². The van der Waals surface area contributed by atoms with Crippen LogP contribution >= 0.6 is 0 Å². The van der Waals surface area contributed by atoms with Crippen LogP contribution in [0.4, 0.5) is 10.2 Å². The fourth-order valence-corrected chi connectivity index (χ4v) is 2.20. The maximum atomic E-state index is 14.5. The molecule has 0 saturated heterocycles. The first-order valence-corrected chi connectivity index (χ1v) is 8.48. The molecule has 0 aliphatic heterocycles. The maximum Gasteiger partial charge on any atom is 0.255 e. The lowest BCUT2D eigenvalue weighted by Crippen LogP contribution is -2.24. The predicted molar refractivity (Wildman–Crippen MR) is 99.0 cm³/mol. The van der Waals surface area contributed by atoms with Crippen molar-refractivity contribution in [1.29, 1.82) is 0 Å². The zero-order chi connectivity index (χ0) is 18.8. The molecule has 0 bridgehead atoms. The minimum Gasteiger partial charge on any atom is -0.478 e. The van der Waals surface area contributed by atoms with Crippen LogP contribution in [0.25, 0.3) is 0 Å². The molecule has 2 aromatic rings. The van der Waals surface area contributed by atoms with Crippen LogP contribution < -0.4 is 15.8 Å². The van der Waals surface area contributed by atoms with Crippen molar-refractivity contribution in [1.82, 2.24) is 10.3 Å². The highest BCUT2D eigenvalue weighted by Crippen LogP contribution is 2.20. The number of pyridine rings is 1. The second kappa shape index (κ2) is 10.0. The summed E-state index contributed by atoms with van der Waals surface area (Å²) in [6.45, 7) is 2.24. The zero-order valence-corrected chi connectivity index (χ0v) is 14.7. The molecule has 2 rings (SSSR count). The molecule has 26 heavy (non-hydrogen) atoms. The van der Waals surface area contributed by atoms with Crippen molar-refractivity contribution in [2.45, 2.75) is 32.7 Å². The summed E-state index contributed by atoms with van der Waals surface area (Å²) >= 11 is 0. The molecule has 0 aliphatic rings. The van der Waals surface area contributed by atoms with E-state index in [9.17, 15) is 9.18 Å². The van der Waals surface area contributed by atoms with Gasteiger partial charge in [0.2, 0.25) is 0 Å². The molecule has 3 N–H and O–H groups in total. The summed E-state index contributed by atoms with van der Waals surface area (Å²) in [6.07, 6.45) is 4.43. The number of nitrogens with zero attached hydrogens (tertiary/aromatic N) is 1. The summed E-state index contributed by atoms with van der Waals surface area (Å²) in [6, 6.07) is 7.96. The van der Waals surface area contributed by atoms with E-state index in [4.69, 9.17) is 10.5 Å². The molecule has 0 spiro atoms. The summed E-state index contributed by atoms with van der Waals surface area (Å²) in [4.78, 5) is 16.0. The molecule has 136 valence electrons. The van der Waals surface area contributed by atoms with Gasteiger partial charge in [-0.1, -0.05) is 37.3 Å². The summed E-state index contributed by atoms with van der Waals surface area (Å²) in [5.41, 5.74) is 6.23. The van der Waals surface area contributed by atoms with Gasteiger partial charge in [0.1, 0.15) is 12.4 Å². The number of benzene rings is 1. The number of carbonyl (C=O) groups is 1. The fraction of sp³-hybridized carbons (Fsp3) is 0.300. The Balaban J connectivity index is 1.94. The number of ether oxygens (including phenoxy) is 1. The van der Waals surface area contributed by atoms with Gasteiger partial charge in [0.05, 0.1) is 5.56 Å². The Hall–Kier alpha value is -3.07. The van der Waals surface area contributed by atoms with E-state index in [1.807, 2.05) is 0 Å². The van der Waals surface area contributed by atoms with Gasteiger partial charge in [-0.2, -0.15) is 0 Å². The third kappa shape index (κ3) is 5.49.